The number of rotatable bonds is 2. The van der Waals surface area contributed by atoms with Crippen LogP contribution in [0.2, 0.25) is 5.02 Å². The third kappa shape index (κ3) is 7.03. The molecule has 5 nitrogen and oxygen atoms in total. The summed E-state index contributed by atoms with van der Waals surface area (Å²) in [6.45, 7) is 8.00. The summed E-state index contributed by atoms with van der Waals surface area (Å²) in [5, 5.41) is 10.0. The lowest BCUT2D eigenvalue weighted by Gasteiger charge is -2.09. The molecule has 2 N–H and O–H groups in total. The summed E-state index contributed by atoms with van der Waals surface area (Å²) in [5.41, 5.74) is 4.05. The van der Waals surface area contributed by atoms with Crippen molar-refractivity contribution >= 4 is 23.0 Å². The van der Waals surface area contributed by atoms with Gasteiger partial charge in [-0.1, -0.05) is 39.3 Å². The van der Waals surface area contributed by atoms with E-state index >= 15 is 0 Å². The number of halogens is 4. The molecule has 0 unspecified atom stereocenters. The highest BCUT2D eigenvalue weighted by Gasteiger charge is 2.32. The minimum Gasteiger partial charge on any atom is -0.405 e. The summed E-state index contributed by atoms with van der Waals surface area (Å²) in [7, 11) is 0. The third-order valence-electron chi connectivity index (χ3n) is 1.51. The second kappa shape index (κ2) is 9.24. The molecule has 0 aliphatic heterocycles. The number of nitrogens with two attached hydrogens (primary N) is 1. The van der Waals surface area contributed by atoms with Crippen molar-refractivity contribution in [2.45, 2.75) is 34.1 Å². The van der Waals surface area contributed by atoms with Crippen molar-refractivity contribution in [1.29, 1.82) is 0 Å². The van der Waals surface area contributed by atoms with E-state index in [-0.39, 0.29) is 5.02 Å². The number of hydrogen-bond acceptors (Lipinski definition) is 4. The molecule has 0 bridgehead atoms. The first kappa shape index (κ1) is 20.6. The van der Waals surface area contributed by atoms with Crippen molar-refractivity contribution in [3.05, 3.63) is 27.3 Å². The molecule has 9 heteroatoms. The van der Waals surface area contributed by atoms with E-state index in [1.165, 1.54) is 0 Å². The number of nitrogens with zero attached hydrogens (tertiary/aromatic N) is 1. The third-order valence-corrected chi connectivity index (χ3v) is 1.82. The maximum Gasteiger partial charge on any atom is 0.573 e. The first-order valence-electron chi connectivity index (χ1n) is 5.70. The normalized spacial score (nSPS) is 9.60. The number of hydrogen-bond donors (Lipinski definition) is 1. The van der Waals surface area contributed by atoms with Gasteiger partial charge in [0.2, 0.25) is 0 Å². The fraction of sp³-hybridized carbons (Fsp3) is 0.455. The molecule has 0 aliphatic carbocycles. The molecule has 116 valence electrons. The van der Waals surface area contributed by atoms with Gasteiger partial charge in [0.1, 0.15) is 11.4 Å². The standard InChI is InChI=1S/C7H4ClF3N2O3.2C2H6/c8-4-1-3(16-7(9,10)11)2-5(6(4)12)13(14)15;2*1-2/h1-2H,12H2;2*1-2H3. The molecular formula is C11H16ClF3N2O3. The second-order valence-corrected chi connectivity index (χ2v) is 3.05. The van der Waals surface area contributed by atoms with Gasteiger partial charge in [-0.05, 0) is 0 Å². The van der Waals surface area contributed by atoms with E-state index in [1.807, 2.05) is 27.7 Å². The van der Waals surface area contributed by atoms with Gasteiger partial charge in [0.15, 0.2) is 0 Å². The number of nitro benzene ring substituents is 1. The zero-order valence-corrected chi connectivity index (χ0v) is 12.2. The molecule has 0 spiro atoms. The number of benzene rings is 1. The predicted molar refractivity (Wildman–Crippen MR) is 71.9 cm³/mol. The second-order valence-electron chi connectivity index (χ2n) is 2.64. The van der Waals surface area contributed by atoms with Gasteiger partial charge in [0, 0.05) is 6.07 Å². The van der Waals surface area contributed by atoms with Gasteiger partial charge in [0.05, 0.1) is 16.0 Å². The number of anilines is 1. The molecule has 0 aromatic heterocycles. The molecule has 0 heterocycles. The molecule has 0 amide bonds. The zero-order valence-electron chi connectivity index (χ0n) is 11.4. The smallest absolute Gasteiger partial charge is 0.405 e. The summed E-state index contributed by atoms with van der Waals surface area (Å²) in [4.78, 5) is 9.47. The fourth-order valence-corrected chi connectivity index (χ4v) is 1.13. The van der Waals surface area contributed by atoms with E-state index in [0.717, 1.165) is 6.07 Å². The van der Waals surface area contributed by atoms with Crippen LogP contribution < -0.4 is 10.5 Å². The van der Waals surface area contributed by atoms with Gasteiger partial charge >= 0.3 is 6.36 Å². The van der Waals surface area contributed by atoms with E-state index in [9.17, 15) is 23.3 Å². The Kier molecular flexibility index (Phi) is 9.53. The summed E-state index contributed by atoms with van der Waals surface area (Å²) >= 11 is 5.42. The minimum absolute atomic E-state index is 0.381. The molecule has 0 atom stereocenters. The van der Waals surface area contributed by atoms with Crippen LogP contribution in [0.3, 0.4) is 0 Å². The Morgan fingerprint density at radius 1 is 1.25 bits per heavy atom. The quantitative estimate of drug-likeness (QED) is 0.483. The molecule has 0 radical (unpaired) electrons. The van der Waals surface area contributed by atoms with Crippen molar-refractivity contribution in [2.75, 3.05) is 5.73 Å². The Balaban J connectivity index is 0. The first-order valence-corrected chi connectivity index (χ1v) is 6.07. The highest BCUT2D eigenvalue weighted by atomic mass is 35.5. The number of nitrogen functional groups attached to an aromatic ring is 1. The Morgan fingerprint density at radius 3 is 2.05 bits per heavy atom. The van der Waals surface area contributed by atoms with Gasteiger partial charge in [-0.25, -0.2) is 0 Å². The Hall–Kier alpha value is -1.70. The van der Waals surface area contributed by atoms with Crippen LogP contribution in [-0.2, 0) is 0 Å². The average molecular weight is 317 g/mol. The highest BCUT2D eigenvalue weighted by molar-refractivity contribution is 6.33. The fourth-order valence-electron chi connectivity index (χ4n) is 0.923. The molecule has 1 rings (SSSR count). The van der Waals surface area contributed by atoms with Gasteiger partial charge in [-0.3, -0.25) is 10.1 Å². The highest BCUT2D eigenvalue weighted by Crippen LogP contribution is 2.36. The molecule has 1 aromatic carbocycles. The van der Waals surface area contributed by atoms with Gasteiger partial charge < -0.3 is 10.5 Å². The van der Waals surface area contributed by atoms with Crippen LogP contribution in [0.1, 0.15) is 27.7 Å². The largest absolute Gasteiger partial charge is 0.573 e. The van der Waals surface area contributed by atoms with Crippen molar-refractivity contribution in [1.82, 2.24) is 0 Å². The molecule has 1 aromatic rings. The van der Waals surface area contributed by atoms with Crippen molar-refractivity contribution < 1.29 is 22.8 Å². The molecule has 0 saturated carbocycles. The molecule has 0 fully saturated rings. The van der Waals surface area contributed by atoms with E-state index in [1.54, 1.807) is 0 Å². The van der Waals surface area contributed by atoms with Crippen LogP contribution in [-0.4, -0.2) is 11.3 Å². The van der Waals surface area contributed by atoms with E-state index in [4.69, 9.17) is 17.3 Å². The summed E-state index contributed by atoms with van der Waals surface area (Å²) in [5.74, 6) is -0.793. The number of nitro groups is 1. The predicted octanol–water partition coefficient (Wildman–Crippen LogP) is 4.78. The van der Waals surface area contributed by atoms with Crippen molar-refractivity contribution in [2.24, 2.45) is 0 Å². The van der Waals surface area contributed by atoms with Crippen LogP contribution in [0.5, 0.6) is 5.75 Å². The maximum absolute atomic E-state index is 11.8. The monoisotopic (exact) mass is 316 g/mol. The lowest BCUT2D eigenvalue weighted by atomic mass is 10.2. The lowest BCUT2D eigenvalue weighted by molar-refractivity contribution is -0.384. The van der Waals surface area contributed by atoms with E-state index in [2.05, 4.69) is 4.74 Å². The summed E-state index contributed by atoms with van der Waals surface area (Å²) < 4.78 is 39.0. The van der Waals surface area contributed by atoms with Crippen LogP contribution in [0.25, 0.3) is 0 Å². The SMILES string of the molecule is CC.CC.Nc1c(Cl)cc(OC(F)(F)F)cc1[N+](=O)[O-]. The van der Waals surface area contributed by atoms with Gasteiger partial charge in [-0.15, -0.1) is 13.2 Å². The van der Waals surface area contributed by atoms with E-state index in [0.29, 0.717) is 6.07 Å². The Labute approximate surface area is 119 Å². The minimum atomic E-state index is -4.95. The van der Waals surface area contributed by atoms with Crippen molar-refractivity contribution in [3.8, 4) is 5.75 Å². The average Bonchev–Trinajstić information content (AvgIpc) is 2.36. The summed E-state index contributed by atoms with van der Waals surface area (Å²) in [6.07, 6.45) is -4.95. The summed E-state index contributed by atoms with van der Waals surface area (Å²) in [6, 6.07) is 1.30. The van der Waals surface area contributed by atoms with E-state index < -0.39 is 28.4 Å². The van der Waals surface area contributed by atoms with Gasteiger partial charge in [-0.2, -0.15) is 0 Å². The molecule has 0 saturated heterocycles. The molecule has 20 heavy (non-hydrogen) atoms. The first-order chi connectivity index (χ1) is 9.20. The zero-order chi connectivity index (χ0) is 16.5. The Bertz CT molecular complexity index is 440. The number of alkyl halides is 3. The van der Waals surface area contributed by atoms with Crippen LogP contribution in [0.15, 0.2) is 12.1 Å². The van der Waals surface area contributed by atoms with Crippen molar-refractivity contribution in [3.63, 3.8) is 0 Å². The van der Waals surface area contributed by atoms with Crippen LogP contribution in [0, 0.1) is 10.1 Å². The molecular weight excluding hydrogens is 301 g/mol. The topological polar surface area (TPSA) is 78.4 Å². The van der Waals surface area contributed by atoms with Crippen LogP contribution >= 0.6 is 11.6 Å². The number of ether oxygens (including phenoxy) is 1. The lowest BCUT2D eigenvalue weighted by Crippen LogP contribution is -2.17. The van der Waals surface area contributed by atoms with Crippen LogP contribution in [0.4, 0.5) is 24.5 Å². The Morgan fingerprint density at radius 2 is 1.70 bits per heavy atom. The molecule has 0 aliphatic rings. The maximum atomic E-state index is 11.8. The van der Waals surface area contributed by atoms with Gasteiger partial charge in [0.25, 0.3) is 5.69 Å².